The Morgan fingerprint density at radius 3 is 2.33 bits per heavy atom. The molecule has 12 heteroatoms. The van der Waals surface area contributed by atoms with Gasteiger partial charge in [-0.3, -0.25) is 19.6 Å². The van der Waals surface area contributed by atoms with Crippen molar-refractivity contribution in [1.29, 1.82) is 0 Å². The summed E-state index contributed by atoms with van der Waals surface area (Å²) >= 11 is 1.18. The maximum Gasteiger partial charge on any atom is 0.414 e. The third kappa shape index (κ3) is 6.20. The lowest BCUT2D eigenvalue weighted by Gasteiger charge is -2.11. The van der Waals surface area contributed by atoms with E-state index < -0.39 is 27.9 Å². The van der Waals surface area contributed by atoms with Gasteiger partial charge in [-0.05, 0) is 68.8 Å². The Kier molecular flexibility index (Phi) is 8.33. The predicted octanol–water partition coefficient (Wildman–Crippen LogP) is 4.31. The Balaban J connectivity index is 1.80. The van der Waals surface area contributed by atoms with Crippen molar-refractivity contribution in [3.05, 3.63) is 70.1 Å². The van der Waals surface area contributed by atoms with E-state index in [2.05, 4.69) is 15.4 Å². The van der Waals surface area contributed by atoms with Crippen LogP contribution in [0.25, 0.3) is 0 Å². The molecule has 1 aromatic heterocycles. The Bertz CT molecular complexity index is 1400. The van der Waals surface area contributed by atoms with Crippen LogP contribution in [0.2, 0.25) is 0 Å². The highest BCUT2D eigenvalue weighted by Crippen LogP contribution is 2.33. The zero-order valence-corrected chi connectivity index (χ0v) is 21.6. The second-order valence-electron chi connectivity index (χ2n) is 7.48. The number of ether oxygens (including phenoxy) is 2. The summed E-state index contributed by atoms with van der Waals surface area (Å²) in [5, 5.41) is 5.07. The number of carbonyl (C=O) groups is 3. The Morgan fingerprint density at radius 1 is 1.00 bits per heavy atom. The van der Waals surface area contributed by atoms with Crippen LogP contribution in [0.15, 0.2) is 53.4 Å². The quantitative estimate of drug-likeness (QED) is 0.393. The van der Waals surface area contributed by atoms with E-state index in [4.69, 9.17) is 9.47 Å². The van der Waals surface area contributed by atoms with Gasteiger partial charge in [-0.1, -0.05) is 6.07 Å². The number of hydrogen-bond donors (Lipinski definition) is 3. The molecule has 0 aliphatic carbocycles. The molecule has 3 amide bonds. The van der Waals surface area contributed by atoms with Gasteiger partial charge in [-0.15, -0.1) is 11.3 Å². The largest absolute Gasteiger partial charge is 0.497 e. The minimum atomic E-state index is -3.91. The third-order valence-corrected chi connectivity index (χ3v) is 7.60. The maximum absolute atomic E-state index is 13.0. The van der Waals surface area contributed by atoms with Gasteiger partial charge in [0.1, 0.15) is 10.8 Å². The van der Waals surface area contributed by atoms with Crippen molar-refractivity contribution in [2.75, 3.05) is 23.8 Å². The number of amides is 3. The Labute approximate surface area is 212 Å². The van der Waals surface area contributed by atoms with E-state index in [0.717, 1.165) is 4.88 Å². The maximum atomic E-state index is 13.0. The van der Waals surface area contributed by atoms with Crippen LogP contribution in [0.4, 0.5) is 15.5 Å². The molecule has 0 fully saturated rings. The van der Waals surface area contributed by atoms with Crippen LogP contribution < -0.4 is 20.1 Å². The molecule has 0 aliphatic heterocycles. The summed E-state index contributed by atoms with van der Waals surface area (Å²) in [6.45, 7) is 5.20. The molecule has 3 rings (SSSR count). The van der Waals surface area contributed by atoms with E-state index in [1.54, 1.807) is 20.8 Å². The number of methoxy groups -OCH3 is 1. The van der Waals surface area contributed by atoms with Crippen molar-refractivity contribution in [3.8, 4) is 5.75 Å². The van der Waals surface area contributed by atoms with Crippen LogP contribution in [0.5, 0.6) is 5.75 Å². The molecule has 0 bridgehead atoms. The molecule has 0 saturated heterocycles. The van der Waals surface area contributed by atoms with Gasteiger partial charge in [-0.2, -0.15) is 0 Å². The number of alkyl carbamates (subject to hydrolysis) is 1. The van der Waals surface area contributed by atoms with Crippen LogP contribution >= 0.6 is 11.3 Å². The molecular formula is C24H25N3O7S2. The van der Waals surface area contributed by atoms with E-state index in [0.29, 0.717) is 11.3 Å². The van der Waals surface area contributed by atoms with Gasteiger partial charge in [-0.25, -0.2) is 13.2 Å². The second-order valence-corrected chi connectivity index (χ2v) is 10.4. The summed E-state index contributed by atoms with van der Waals surface area (Å²) in [7, 11) is -2.43. The minimum absolute atomic E-state index is 0.0277. The summed E-state index contributed by atoms with van der Waals surface area (Å²) in [5.41, 5.74) is 1.09. The van der Waals surface area contributed by atoms with Crippen LogP contribution in [-0.2, 0) is 14.8 Å². The lowest BCUT2D eigenvalue weighted by molar-refractivity contribution is 0.0925. The highest BCUT2D eigenvalue weighted by atomic mass is 32.2. The molecule has 36 heavy (non-hydrogen) atoms. The molecule has 0 atom stereocenters. The standard InChI is InChI=1S/C24H25N3O7S2/c1-5-34-24(30)26-22(29)20-14(2)15(3)35-23(20)25-21(28)16-7-6-8-17(13-16)27-36(31,32)19-11-9-18(33-4)10-12-19/h6-13,27H,5H2,1-4H3,(H,25,28)(H,26,29,30). The number of hydrogen-bond acceptors (Lipinski definition) is 8. The lowest BCUT2D eigenvalue weighted by Crippen LogP contribution is -2.31. The molecule has 3 aromatic rings. The average molecular weight is 532 g/mol. The van der Waals surface area contributed by atoms with E-state index >= 15 is 0 Å². The molecule has 0 aliphatic rings. The normalized spacial score (nSPS) is 10.9. The number of rotatable bonds is 8. The number of benzene rings is 2. The number of anilines is 2. The number of aryl methyl sites for hydroxylation is 1. The summed E-state index contributed by atoms with van der Waals surface area (Å²) in [4.78, 5) is 38.1. The molecule has 10 nitrogen and oxygen atoms in total. The van der Waals surface area contributed by atoms with E-state index in [1.165, 1.54) is 67.0 Å². The molecule has 1 heterocycles. The van der Waals surface area contributed by atoms with Gasteiger partial charge in [0, 0.05) is 16.1 Å². The van der Waals surface area contributed by atoms with Gasteiger partial charge < -0.3 is 14.8 Å². The fourth-order valence-electron chi connectivity index (χ4n) is 3.18. The fourth-order valence-corrected chi connectivity index (χ4v) is 5.28. The number of nitrogens with one attached hydrogen (secondary N) is 3. The highest BCUT2D eigenvalue weighted by Gasteiger charge is 2.23. The SMILES string of the molecule is CCOC(=O)NC(=O)c1c(NC(=O)c2cccc(NS(=O)(=O)c3ccc(OC)cc3)c2)sc(C)c1C. The van der Waals surface area contributed by atoms with Crippen LogP contribution in [0, 0.1) is 13.8 Å². The van der Waals surface area contributed by atoms with E-state index in [-0.39, 0.29) is 33.3 Å². The van der Waals surface area contributed by atoms with Gasteiger partial charge in [0.15, 0.2) is 0 Å². The molecule has 0 saturated carbocycles. The molecular weight excluding hydrogens is 506 g/mol. The first kappa shape index (κ1) is 26.7. The van der Waals surface area contributed by atoms with E-state index in [1.807, 2.05) is 0 Å². The van der Waals surface area contributed by atoms with Crippen LogP contribution in [0.3, 0.4) is 0 Å². The summed E-state index contributed by atoms with van der Waals surface area (Å²) in [6.07, 6.45) is -0.889. The molecule has 0 radical (unpaired) electrons. The zero-order valence-electron chi connectivity index (χ0n) is 20.0. The van der Waals surface area contributed by atoms with Crippen LogP contribution in [0.1, 0.15) is 38.1 Å². The number of carbonyl (C=O) groups excluding carboxylic acids is 3. The zero-order chi connectivity index (χ0) is 26.5. The molecule has 0 spiro atoms. The van der Waals surface area contributed by atoms with Gasteiger partial charge in [0.25, 0.3) is 21.8 Å². The highest BCUT2D eigenvalue weighted by molar-refractivity contribution is 7.92. The number of thiophene rings is 1. The van der Waals surface area contributed by atoms with Crippen molar-refractivity contribution >= 4 is 50.0 Å². The van der Waals surface area contributed by atoms with E-state index in [9.17, 15) is 22.8 Å². The number of imide groups is 1. The second kappa shape index (κ2) is 11.2. The lowest BCUT2D eigenvalue weighted by atomic mass is 10.1. The molecule has 2 aromatic carbocycles. The Hall–Kier alpha value is -3.90. The third-order valence-electron chi connectivity index (χ3n) is 5.08. The predicted molar refractivity (Wildman–Crippen MR) is 136 cm³/mol. The first-order chi connectivity index (χ1) is 17.1. The van der Waals surface area contributed by atoms with Gasteiger partial charge in [0.05, 0.1) is 24.2 Å². The first-order valence-electron chi connectivity index (χ1n) is 10.7. The van der Waals surface area contributed by atoms with Crippen molar-refractivity contribution < 1.29 is 32.3 Å². The summed E-state index contributed by atoms with van der Waals surface area (Å²) in [6, 6.07) is 11.8. The molecule has 3 N–H and O–H groups in total. The topological polar surface area (TPSA) is 140 Å². The smallest absolute Gasteiger partial charge is 0.414 e. The van der Waals surface area contributed by atoms with Gasteiger partial charge >= 0.3 is 6.09 Å². The summed E-state index contributed by atoms with van der Waals surface area (Å²) in [5.74, 6) is -0.750. The average Bonchev–Trinajstić information content (AvgIpc) is 3.11. The summed E-state index contributed by atoms with van der Waals surface area (Å²) < 4.78 is 37.7. The number of sulfonamides is 1. The minimum Gasteiger partial charge on any atom is -0.497 e. The molecule has 190 valence electrons. The van der Waals surface area contributed by atoms with Crippen molar-refractivity contribution in [2.24, 2.45) is 0 Å². The van der Waals surface area contributed by atoms with Crippen molar-refractivity contribution in [3.63, 3.8) is 0 Å². The monoisotopic (exact) mass is 531 g/mol. The Morgan fingerprint density at radius 2 is 1.69 bits per heavy atom. The fraction of sp³-hybridized carbons (Fsp3) is 0.208. The van der Waals surface area contributed by atoms with Crippen molar-refractivity contribution in [1.82, 2.24) is 5.32 Å². The molecule has 0 unspecified atom stereocenters. The van der Waals surface area contributed by atoms with Crippen molar-refractivity contribution in [2.45, 2.75) is 25.7 Å². The first-order valence-corrected chi connectivity index (χ1v) is 13.0. The van der Waals surface area contributed by atoms with Gasteiger partial charge in [0.2, 0.25) is 0 Å². The van der Waals surface area contributed by atoms with Crippen LogP contribution in [-0.4, -0.2) is 40.0 Å².